The van der Waals surface area contributed by atoms with Crippen LogP contribution in [0.5, 0.6) is 0 Å². The van der Waals surface area contributed by atoms with E-state index >= 15 is 0 Å². The molecule has 2 aromatic rings. The summed E-state index contributed by atoms with van der Waals surface area (Å²) in [6.45, 7) is 16.3. The number of aromatic nitrogens is 4. The Labute approximate surface area is 338 Å². The highest BCUT2D eigenvalue weighted by atomic mass is 16.5. The number of aryl methyl sites for hydroxylation is 1. The Morgan fingerprint density at radius 3 is 2.11 bits per heavy atom. The van der Waals surface area contributed by atoms with Crippen molar-refractivity contribution >= 4 is 51.1 Å². The zero-order chi connectivity index (χ0) is 40.8. The summed E-state index contributed by atoms with van der Waals surface area (Å²) < 4.78 is 11.4. The van der Waals surface area contributed by atoms with Gasteiger partial charge in [0.05, 0.1) is 53.1 Å². The number of amides is 2. The van der Waals surface area contributed by atoms with E-state index in [2.05, 4.69) is 63.6 Å². The van der Waals surface area contributed by atoms with Crippen LogP contribution in [-0.4, -0.2) is 69.5 Å². The highest BCUT2D eigenvalue weighted by Gasteiger charge is 2.40. The van der Waals surface area contributed by atoms with Crippen LogP contribution in [0.1, 0.15) is 197 Å². The van der Waals surface area contributed by atoms with Gasteiger partial charge in [0.2, 0.25) is 0 Å². The molecule has 0 aromatic carbocycles. The number of hydrogen-bond donors (Lipinski definition) is 2. The number of unbranched alkanes of at least 4 members (excludes halogenated alkanes) is 8. The number of carbonyl (C=O) groups excluding carboxylic acids is 3. The second-order valence-electron chi connectivity index (χ2n) is 16.2. The summed E-state index contributed by atoms with van der Waals surface area (Å²) in [5, 5.41) is 0. The van der Waals surface area contributed by atoms with Crippen LogP contribution in [0.4, 0.5) is 0 Å². The molecule has 2 N–H and O–H groups in total. The van der Waals surface area contributed by atoms with Crippen molar-refractivity contribution in [3.8, 4) is 0 Å². The molecule has 6 rings (SSSR count). The lowest BCUT2D eigenvalue weighted by Crippen LogP contribution is -2.41. The fraction of sp³-hybridized carbons (Fsp3) is 0.553. The highest BCUT2D eigenvalue weighted by molar-refractivity contribution is 6.23. The first-order valence-corrected chi connectivity index (χ1v) is 21.5. The molecule has 2 amide bonds. The molecule has 0 saturated carbocycles. The van der Waals surface area contributed by atoms with E-state index in [4.69, 9.17) is 19.4 Å². The SMILES string of the molecule is CCCCCCCCOCC1=C(C)c2cc3[nH]c(c4c5[nH]c(cc6nc(cc1n2)C(C)=C6CC)c(C)c5C(=O)N(CCCCCC)C4=O)[C@@H](CCC(=O)OC)[C@@H]3C. The molecular weight excluding hydrogens is 715 g/mol. The smallest absolute Gasteiger partial charge is 0.305 e. The van der Waals surface area contributed by atoms with Crippen molar-refractivity contribution in [2.75, 3.05) is 26.9 Å². The largest absolute Gasteiger partial charge is 0.469 e. The number of hydrogen-bond acceptors (Lipinski definition) is 7. The summed E-state index contributed by atoms with van der Waals surface area (Å²) in [4.78, 5) is 60.9. The normalized spacial score (nSPS) is 17.2. The number of allylic oxidation sites excluding steroid dienone is 3. The summed E-state index contributed by atoms with van der Waals surface area (Å²) in [5.41, 5.74) is 12.3. The maximum atomic E-state index is 14.8. The standard InChI is InChI=1S/C47H63N5O5/c1-9-12-14-16-17-19-23-57-27-34-30(6)35-24-37-29(5)33(20-21-41(53)56-8)44(50-37)43-45-42(46(54)52(47(43)55)22-18-15-13-10-2)31(7)38(51-45)26-39-32(11-3)28(4)36(48-39)25-40(34)49-35/h24-26,29,33,50-51H,9-23,27H2,1-8H3/t29-,33-/m0/s1. The van der Waals surface area contributed by atoms with Gasteiger partial charge < -0.3 is 19.4 Å². The number of methoxy groups -OCH3 is 1. The molecule has 0 fully saturated rings. The number of carbonyl (C=O) groups is 3. The Hall–Kier alpha value is -4.57. The number of aromatic amines is 2. The van der Waals surface area contributed by atoms with Gasteiger partial charge in [-0.15, -0.1) is 0 Å². The zero-order valence-electron chi connectivity index (χ0n) is 35.6. The molecule has 306 valence electrons. The van der Waals surface area contributed by atoms with Crippen LogP contribution < -0.4 is 0 Å². The first-order chi connectivity index (χ1) is 27.5. The van der Waals surface area contributed by atoms with Gasteiger partial charge in [0.1, 0.15) is 0 Å². The van der Waals surface area contributed by atoms with Gasteiger partial charge in [-0.2, -0.15) is 0 Å². The molecule has 8 bridgehead atoms. The molecule has 10 heteroatoms. The monoisotopic (exact) mass is 777 g/mol. The van der Waals surface area contributed by atoms with Crippen LogP contribution in [0, 0.1) is 6.92 Å². The van der Waals surface area contributed by atoms with Gasteiger partial charge in [0, 0.05) is 53.9 Å². The number of nitrogens with one attached hydrogen (secondary N) is 2. The summed E-state index contributed by atoms with van der Waals surface area (Å²) in [6.07, 6.45) is 12.4. The molecule has 0 unspecified atom stereocenters. The zero-order valence-corrected chi connectivity index (χ0v) is 35.6. The van der Waals surface area contributed by atoms with E-state index in [9.17, 15) is 14.4 Å². The fourth-order valence-electron chi connectivity index (χ4n) is 8.82. The van der Waals surface area contributed by atoms with Crippen LogP contribution in [0.15, 0.2) is 18.2 Å². The van der Waals surface area contributed by atoms with Crippen molar-refractivity contribution in [3.05, 3.63) is 69.1 Å². The Kier molecular flexibility index (Phi) is 13.9. The van der Waals surface area contributed by atoms with Crippen LogP contribution in [0.3, 0.4) is 0 Å². The van der Waals surface area contributed by atoms with E-state index in [1.165, 1.54) is 44.1 Å². The number of nitrogens with zero attached hydrogens (tertiary/aromatic N) is 3. The van der Waals surface area contributed by atoms with Gasteiger partial charge in [-0.25, -0.2) is 9.97 Å². The molecule has 4 aliphatic heterocycles. The first kappa shape index (κ1) is 42.0. The molecule has 4 aliphatic rings. The van der Waals surface area contributed by atoms with E-state index in [-0.39, 0.29) is 36.0 Å². The predicted molar refractivity (Wildman–Crippen MR) is 228 cm³/mol. The molecule has 6 heterocycles. The highest BCUT2D eigenvalue weighted by Crippen LogP contribution is 2.45. The van der Waals surface area contributed by atoms with Gasteiger partial charge in [-0.05, 0) is 86.9 Å². The number of esters is 1. The minimum absolute atomic E-state index is 0.0917. The summed E-state index contributed by atoms with van der Waals surface area (Å²) >= 11 is 0. The first-order valence-electron chi connectivity index (χ1n) is 21.5. The second kappa shape index (κ2) is 18.8. The minimum atomic E-state index is -0.319. The van der Waals surface area contributed by atoms with Crippen molar-refractivity contribution in [3.63, 3.8) is 0 Å². The molecule has 2 aromatic heterocycles. The lowest BCUT2D eigenvalue weighted by molar-refractivity contribution is -0.140. The van der Waals surface area contributed by atoms with Crippen LogP contribution in [-0.2, 0) is 14.3 Å². The number of imide groups is 1. The number of H-pyrrole nitrogens is 2. The van der Waals surface area contributed by atoms with Crippen molar-refractivity contribution < 1.29 is 23.9 Å². The molecule has 0 radical (unpaired) electrons. The maximum absolute atomic E-state index is 14.8. The Morgan fingerprint density at radius 1 is 0.772 bits per heavy atom. The van der Waals surface area contributed by atoms with Gasteiger partial charge in [-0.3, -0.25) is 19.3 Å². The summed E-state index contributed by atoms with van der Waals surface area (Å²) in [7, 11) is 1.40. The Morgan fingerprint density at radius 2 is 1.40 bits per heavy atom. The number of rotatable bonds is 18. The Bertz CT molecular complexity index is 2140. The van der Waals surface area contributed by atoms with Gasteiger partial charge in [0.25, 0.3) is 11.8 Å². The van der Waals surface area contributed by atoms with Crippen LogP contribution in [0.25, 0.3) is 33.3 Å². The molecule has 0 spiro atoms. The molecule has 2 atom stereocenters. The Balaban J connectivity index is 1.58. The minimum Gasteiger partial charge on any atom is -0.469 e. The summed E-state index contributed by atoms with van der Waals surface area (Å²) in [5.74, 6) is -1.22. The fourth-order valence-corrected chi connectivity index (χ4v) is 8.82. The topological polar surface area (TPSA) is 130 Å². The van der Waals surface area contributed by atoms with Crippen LogP contribution >= 0.6 is 0 Å². The molecule has 57 heavy (non-hydrogen) atoms. The molecule has 10 nitrogen and oxygen atoms in total. The quantitative estimate of drug-likeness (QED) is 0.0875. The van der Waals surface area contributed by atoms with E-state index < -0.39 is 0 Å². The maximum Gasteiger partial charge on any atom is 0.305 e. The third-order valence-electron chi connectivity index (χ3n) is 12.5. The lowest BCUT2D eigenvalue weighted by Gasteiger charge is -2.27. The van der Waals surface area contributed by atoms with E-state index in [0.717, 1.165) is 100 Å². The van der Waals surface area contributed by atoms with Gasteiger partial charge >= 0.3 is 5.97 Å². The third-order valence-corrected chi connectivity index (χ3v) is 12.5. The number of fused-ring (bicyclic) bond motifs is 8. The molecule has 0 saturated heterocycles. The van der Waals surface area contributed by atoms with Crippen molar-refractivity contribution in [2.24, 2.45) is 0 Å². The van der Waals surface area contributed by atoms with Gasteiger partial charge in [0.15, 0.2) is 0 Å². The van der Waals surface area contributed by atoms with Crippen molar-refractivity contribution in [1.82, 2.24) is 24.8 Å². The predicted octanol–water partition coefficient (Wildman–Crippen LogP) is 11.0. The van der Waals surface area contributed by atoms with E-state index in [1.54, 1.807) is 0 Å². The van der Waals surface area contributed by atoms with E-state index in [0.29, 0.717) is 48.5 Å². The lowest BCUT2D eigenvalue weighted by atomic mass is 9.84. The average molecular weight is 778 g/mol. The second-order valence-corrected chi connectivity index (χ2v) is 16.2. The summed E-state index contributed by atoms with van der Waals surface area (Å²) in [6, 6.07) is 6.21. The van der Waals surface area contributed by atoms with Crippen molar-refractivity contribution in [2.45, 2.75) is 144 Å². The third kappa shape index (κ3) is 8.66. The van der Waals surface area contributed by atoms with E-state index in [1.807, 2.05) is 13.0 Å². The van der Waals surface area contributed by atoms with Crippen molar-refractivity contribution in [1.29, 1.82) is 0 Å². The average Bonchev–Trinajstić information content (AvgIpc) is 3.87. The molecule has 0 aliphatic carbocycles. The number of ether oxygens (including phenoxy) is 2. The molecular formula is C47H63N5O5. The van der Waals surface area contributed by atoms with Gasteiger partial charge in [-0.1, -0.05) is 79.1 Å². The van der Waals surface area contributed by atoms with Crippen LogP contribution in [0.2, 0.25) is 0 Å².